The number of benzene rings is 1. The number of amides is 1. The molecule has 1 amide bonds. The summed E-state index contributed by atoms with van der Waals surface area (Å²) >= 11 is 0. The lowest BCUT2D eigenvalue weighted by atomic mass is 9.88. The van der Waals surface area contributed by atoms with Crippen molar-refractivity contribution in [2.75, 3.05) is 5.32 Å². The van der Waals surface area contributed by atoms with Gasteiger partial charge < -0.3 is 9.84 Å². The van der Waals surface area contributed by atoms with Crippen LogP contribution in [0.2, 0.25) is 0 Å². The summed E-state index contributed by atoms with van der Waals surface area (Å²) in [5.41, 5.74) is 3.05. The molecule has 0 spiro atoms. The number of para-hydroxylation sites is 1. The molecule has 0 saturated heterocycles. The fourth-order valence-corrected chi connectivity index (χ4v) is 3.29. The molecule has 0 bridgehead atoms. The number of aromatic nitrogens is 3. The van der Waals surface area contributed by atoms with Gasteiger partial charge in [0, 0.05) is 18.1 Å². The third kappa shape index (κ3) is 2.95. The van der Waals surface area contributed by atoms with E-state index in [1.165, 1.54) is 0 Å². The van der Waals surface area contributed by atoms with Gasteiger partial charge in [0.05, 0.1) is 11.4 Å². The number of nitrogens with one attached hydrogen (secondary N) is 1. The molecule has 2 aromatic heterocycles. The highest BCUT2D eigenvalue weighted by Gasteiger charge is 2.27. The van der Waals surface area contributed by atoms with E-state index in [1.807, 2.05) is 43.3 Å². The largest absolute Gasteiger partial charge is 0.360 e. The number of carbonyl (C=O) groups excluding carboxylic acids is 1. The number of hydrogen-bond acceptors (Lipinski definition) is 4. The zero-order chi connectivity index (χ0) is 17.4. The van der Waals surface area contributed by atoms with Gasteiger partial charge in [0.25, 0.3) is 5.91 Å². The summed E-state index contributed by atoms with van der Waals surface area (Å²) in [6.45, 7) is 4.08. The minimum absolute atomic E-state index is 0.254. The first-order chi connectivity index (χ1) is 12.1. The monoisotopic (exact) mass is 336 g/mol. The van der Waals surface area contributed by atoms with Crippen molar-refractivity contribution in [2.24, 2.45) is 5.92 Å². The smallest absolute Gasteiger partial charge is 0.279 e. The summed E-state index contributed by atoms with van der Waals surface area (Å²) in [4.78, 5) is 12.8. The quantitative estimate of drug-likeness (QED) is 0.794. The second kappa shape index (κ2) is 6.20. The Kier molecular flexibility index (Phi) is 3.87. The predicted molar refractivity (Wildman–Crippen MR) is 93.9 cm³/mol. The molecule has 0 saturated carbocycles. The molecule has 0 fully saturated rings. The number of rotatable bonds is 3. The highest BCUT2D eigenvalue weighted by Crippen LogP contribution is 2.28. The summed E-state index contributed by atoms with van der Waals surface area (Å²) in [5.74, 6) is 1.75. The minimum atomic E-state index is -0.254. The van der Waals surface area contributed by atoms with E-state index in [1.54, 1.807) is 4.68 Å². The van der Waals surface area contributed by atoms with Gasteiger partial charge in [-0.1, -0.05) is 30.3 Å². The van der Waals surface area contributed by atoms with E-state index >= 15 is 0 Å². The second-order valence-electron chi connectivity index (χ2n) is 6.65. The molecule has 25 heavy (non-hydrogen) atoms. The number of aryl methyl sites for hydroxylation is 2. The number of fused-ring (bicyclic) bond motifs is 1. The zero-order valence-electron chi connectivity index (χ0n) is 14.3. The van der Waals surface area contributed by atoms with Crippen molar-refractivity contribution in [3.05, 3.63) is 59.1 Å². The third-order valence-corrected chi connectivity index (χ3v) is 4.58. The van der Waals surface area contributed by atoms with Crippen molar-refractivity contribution in [3.8, 4) is 5.69 Å². The van der Waals surface area contributed by atoms with Gasteiger partial charge in [0.2, 0.25) is 0 Å². The molecule has 1 aliphatic rings. The van der Waals surface area contributed by atoms with E-state index in [-0.39, 0.29) is 5.91 Å². The van der Waals surface area contributed by atoms with Gasteiger partial charge in [0.15, 0.2) is 5.69 Å². The summed E-state index contributed by atoms with van der Waals surface area (Å²) < 4.78 is 7.11. The molecule has 3 aromatic rings. The number of carbonyl (C=O) groups is 1. The third-order valence-electron chi connectivity index (χ3n) is 4.58. The zero-order valence-corrected chi connectivity index (χ0v) is 14.3. The minimum Gasteiger partial charge on any atom is -0.360 e. The lowest BCUT2D eigenvalue weighted by Crippen LogP contribution is -2.19. The van der Waals surface area contributed by atoms with Crippen LogP contribution in [0.4, 0.5) is 5.82 Å². The molecule has 1 aromatic carbocycles. The predicted octanol–water partition coefficient (Wildman–Crippen LogP) is 3.55. The van der Waals surface area contributed by atoms with Gasteiger partial charge in [-0.05, 0) is 37.8 Å². The highest BCUT2D eigenvalue weighted by molar-refractivity contribution is 6.03. The Hall–Kier alpha value is -2.89. The second-order valence-corrected chi connectivity index (χ2v) is 6.65. The Balaban J connectivity index is 1.64. The lowest BCUT2D eigenvalue weighted by molar-refractivity contribution is 0.101. The van der Waals surface area contributed by atoms with Crippen molar-refractivity contribution >= 4 is 11.7 Å². The van der Waals surface area contributed by atoms with E-state index in [0.29, 0.717) is 17.4 Å². The Labute approximate surface area is 145 Å². The first kappa shape index (κ1) is 15.6. The van der Waals surface area contributed by atoms with E-state index in [4.69, 9.17) is 4.52 Å². The maximum Gasteiger partial charge on any atom is 0.279 e. The van der Waals surface area contributed by atoms with Crippen molar-refractivity contribution < 1.29 is 9.32 Å². The number of anilines is 1. The average Bonchev–Trinajstić information content (AvgIpc) is 3.18. The van der Waals surface area contributed by atoms with Crippen LogP contribution in [0.15, 0.2) is 40.9 Å². The molecule has 1 unspecified atom stereocenters. The normalized spacial score (nSPS) is 16.5. The molecule has 0 aliphatic heterocycles. The van der Waals surface area contributed by atoms with E-state index in [2.05, 4.69) is 22.5 Å². The molecular formula is C19H20N4O2. The summed E-state index contributed by atoms with van der Waals surface area (Å²) in [5, 5.41) is 11.4. The fourth-order valence-electron chi connectivity index (χ4n) is 3.29. The van der Waals surface area contributed by atoms with Gasteiger partial charge in [-0.25, -0.2) is 4.68 Å². The molecule has 6 nitrogen and oxygen atoms in total. The van der Waals surface area contributed by atoms with Gasteiger partial charge in [-0.15, -0.1) is 0 Å². The van der Waals surface area contributed by atoms with Gasteiger partial charge in [0.1, 0.15) is 11.6 Å². The molecule has 1 atom stereocenters. The molecule has 0 radical (unpaired) electrons. The van der Waals surface area contributed by atoms with E-state index in [0.717, 1.165) is 42.0 Å². The molecule has 4 rings (SSSR count). The van der Waals surface area contributed by atoms with Crippen molar-refractivity contribution in [2.45, 2.75) is 33.1 Å². The van der Waals surface area contributed by atoms with Crippen LogP contribution < -0.4 is 5.32 Å². The van der Waals surface area contributed by atoms with Crippen molar-refractivity contribution in [1.82, 2.24) is 14.9 Å². The standard InChI is InChI=1S/C19H20N4O2/c1-12-8-9-16-15(10-12)18(22-25-16)19(24)20-17-11-13(2)21-23(17)14-6-4-3-5-7-14/h3-7,11-12H,8-10H2,1-2H3,(H,20,24). The van der Waals surface area contributed by atoms with Crippen LogP contribution in [-0.2, 0) is 12.8 Å². The SMILES string of the molecule is Cc1cc(NC(=O)c2noc3c2CC(C)CC3)n(-c2ccccc2)n1. The van der Waals surface area contributed by atoms with Crippen molar-refractivity contribution in [1.29, 1.82) is 0 Å². The van der Waals surface area contributed by atoms with Gasteiger partial charge in [-0.2, -0.15) is 5.10 Å². The topological polar surface area (TPSA) is 73.0 Å². The van der Waals surface area contributed by atoms with Crippen LogP contribution in [0.5, 0.6) is 0 Å². The van der Waals surface area contributed by atoms with Crippen LogP contribution in [0.25, 0.3) is 5.69 Å². The first-order valence-corrected chi connectivity index (χ1v) is 8.52. The molecule has 2 heterocycles. The first-order valence-electron chi connectivity index (χ1n) is 8.52. The van der Waals surface area contributed by atoms with Crippen LogP contribution in [-0.4, -0.2) is 20.8 Å². The summed E-state index contributed by atoms with van der Waals surface area (Å²) in [6.07, 6.45) is 2.75. The summed E-state index contributed by atoms with van der Waals surface area (Å²) in [6, 6.07) is 11.6. The van der Waals surface area contributed by atoms with Crippen LogP contribution >= 0.6 is 0 Å². The Morgan fingerprint density at radius 2 is 2.12 bits per heavy atom. The number of nitrogens with zero attached hydrogens (tertiary/aromatic N) is 3. The Morgan fingerprint density at radius 1 is 1.32 bits per heavy atom. The molecular weight excluding hydrogens is 316 g/mol. The van der Waals surface area contributed by atoms with E-state index in [9.17, 15) is 4.79 Å². The van der Waals surface area contributed by atoms with Crippen LogP contribution in [0.1, 0.15) is 40.9 Å². The molecule has 6 heteroatoms. The Bertz CT molecular complexity index is 911. The van der Waals surface area contributed by atoms with Crippen LogP contribution in [0.3, 0.4) is 0 Å². The number of hydrogen-bond donors (Lipinski definition) is 1. The lowest BCUT2D eigenvalue weighted by Gasteiger charge is -2.16. The molecule has 128 valence electrons. The maximum absolute atomic E-state index is 12.8. The van der Waals surface area contributed by atoms with Gasteiger partial charge >= 0.3 is 0 Å². The molecule has 1 N–H and O–H groups in total. The van der Waals surface area contributed by atoms with Crippen molar-refractivity contribution in [3.63, 3.8) is 0 Å². The maximum atomic E-state index is 12.8. The fraction of sp³-hybridized carbons (Fsp3) is 0.316. The average molecular weight is 336 g/mol. The van der Waals surface area contributed by atoms with Gasteiger partial charge in [-0.3, -0.25) is 4.79 Å². The molecule has 1 aliphatic carbocycles. The highest BCUT2D eigenvalue weighted by atomic mass is 16.5. The Morgan fingerprint density at radius 3 is 2.92 bits per heavy atom. The van der Waals surface area contributed by atoms with E-state index < -0.39 is 0 Å². The van der Waals surface area contributed by atoms with Crippen LogP contribution in [0, 0.1) is 12.8 Å². The summed E-state index contributed by atoms with van der Waals surface area (Å²) in [7, 11) is 0.